The fourth-order valence-electron chi connectivity index (χ4n) is 2.25. The van der Waals surface area contributed by atoms with Crippen LogP contribution < -0.4 is 0 Å². The van der Waals surface area contributed by atoms with Crippen molar-refractivity contribution in [3.05, 3.63) is 21.2 Å². The number of aliphatic hydroxyl groups excluding tert-OH is 1. The van der Waals surface area contributed by atoms with Crippen molar-refractivity contribution in [1.82, 2.24) is 14.5 Å². The first-order valence-electron chi connectivity index (χ1n) is 5.63. The molecule has 1 saturated heterocycles. The standard InChI is InChI=1S/C11H11ClIN3O2/c12-10-9-7(13)3-16(11(9)15-5-14-10)8-2-1-6(4-17)18-8/h3,5-6,8,17H,1-2,4H2/t6-,8?/m0/s1. The lowest BCUT2D eigenvalue weighted by molar-refractivity contribution is -0.0205. The highest BCUT2D eigenvalue weighted by Crippen LogP contribution is 2.34. The fraction of sp³-hybridized carbons (Fsp3) is 0.455. The van der Waals surface area contributed by atoms with E-state index >= 15 is 0 Å². The van der Waals surface area contributed by atoms with E-state index in [9.17, 15) is 0 Å². The zero-order valence-corrected chi connectivity index (χ0v) is 12.3. The molecule has 0 radical (unpaired) electrons. The molecule has 0 saturated carbocycles. The summed E-state index contributed by atoms with van der Waals surface area (Å²) < 4.78 is 8.74. The van der Waals surface area contributed by atoms with Crippen LogP contribution in [0, 0.1) is 3.57 Å². The Morgan fingerprint density at radius 3 is 3.06 bits per heavy atom. The van der Waals surface area contributed by atoms with Crippen LogP contribution in [-0.2, 0) is 4.74 Å². The second-order valence-corrected chi connectivity index (χ2v) is 5.74. The summed E-state index contributed by atoms with van der Waals surface area (Å²) >= 11 is 8.30. The molecule has 2 atom stereocenters. The first-order valence-corrected chi connectivity index (χ1v) is 7.09. The summed E-state index contributed by atoms with van der Waals surface area (Å²) in [6.07, 6.45) is 4.98. The van der Waals surface area contributed by atoms with Gasteiger partial charge in [-0.3, -0.25) is 0 Å². The van der Waals surface area contributed by atoms with Crippen LogP contribution in [0.15, 0.2) is 12.5 Å². The quantitative estimate of drug-likeness (QED) is 0.643. The van der Waals surface area contributed by atoms with Crippen molar-refractivity contribution in [2.45, 2.75) is 25.2 Å². The molecule has 3 heterocycles. The molecule has 1 aliphatic heterocycles. The van der Waals surface area contributed by atoms with Crippen LogP contribution in [-0.4, -0.2) is 32.4 Å². The zero-order chi connectivity index (χ0) is 12.7. The molecule has 2 aromatic rings. The Labute approximate surface area is 122 Å². The summed E-state index contributed by atoms with van der Waals surface area (Å²) in [7, 11) is 0. The van der Waals surface area contributed by atoms with Crippen molar-refractivity contribution >= 4 is 45.2 Å². The molecule has 0 bridgehead atoms. The van der Waals surface area contributed by atoms with E-state index in [1.165, 1.54) is 6.33 Å². The van der Waals surface area contributed by atoms with Crippen molar-refractivity contribution in [1.29, 1.82) is 0 Å². The minimum atomic E-state index is -0.0841. The van der Waals surface area contributed by atoms with Crippen molar-refractivity contribution in [3.8, 4) is 0 Å². The Balaban J connectivity index is 2.06. The second-order valence-electron chi connectivity index (χ2n) is 4.22. The molecular formula is C11H11ClIN3O2. The summed E-state index contributed by atoms with van der Waals surface area (Å²) in [5, 5.41) is 10.4. The lowest BCUT2D eigenvalue weighted by Gasteiger charge is -2.14. The van der Waals surface area contributed by atoms with Gasteiger partial charge in [-0.15, -0.1) is 0 Å². The molecule has 1 N–H and O–H groups in total. The van der Waals surface area contributed by atoms with Crippen molar-refractivity contribution in [3.63, 3.8) is 0 Å². The van der Waals surface area contributed by atoms with Crippen molar-refractivity contribution < 1.29 is 9.84 Å². The van der Waals surface area contributed by atoms with E-state index in [2.05, 4.69) is 32.6 Å². The topological polar surface area (TPSA) is 60.2 Å². The molecule has 1 aliphatic rings. The van der Waals surface area contributed by atoms with E-state index in [0.717, 1.165) is 27.4 Å². The van der Waals surface area contributed by atoms with Crippen molar-refractivity contribution in [2.24, 2.45) is 0 Å². The van der Waals surface area contributed by atoms with Gasteiger partial charge in [0.2, 0.25) is 0 Å². The maximum absolute atomic E-state index is 9.11. The van der Waals surface area contributed by atoms with Crippen LogP contribution in [0.2, 0.25) is 5.15 Å². The Bertz CT molecular complexity index is 589. The number of aliphatic hydroxyl groups is 1. The Kier molecular flexibility index (Phi) is 3.44. The third kappa shape index (κ3) is 2.01. The molecule has 2 aromatic heterocycles. The smallest absolute Gasteiger partial charge is 0.148 e. The van der Waals surface area contributed by atoms with Crippen LogP contribution in [0.1, 0.15) is 19.1 Å². The average Bonchev–Trinajstić information content (AvgIpc) is 2.94. The van der Waals surface area contributed by atoms with Gasteiger partial charge in [-0.2, -0.15) is 0 Å². The van der Waals surface area contributed by atoms with Crippen LogP contribution >= 0.6 is 34.2 Å². The normalized spacial score (nSPS) is 23.9. The molecule has 3 rings (SSSR count). The number of halogens is 2. The zero-order valence-electron chi connectivity index (χ0n) is 9.38. The third-order valence-electron chi connectivity index (χ3n) is 3.12. The molecule has 96 valence electrons. The summed E-state index contributed by atoms with van der Waals surface area (Å²) in [5.41, 5.74) is 0.781. The highest BCUT2D eigenvalue weighted by atomic mass is 127. The number of nitrogens with zero attached hydrogens (tertiary/aromatic N) is 3. The fourth-order valence-corrected chi connectivity index (χ4v) is 3.44. The van der Waals surface area contributed by atoms with Gasteiger partial charge in [0.25, 0.3) is 0 Å². The number of hydrogen-bond acceptors (Lipinski definition) is 4. The summed E-state index contributed by atoms with van der Waals surface area (Å²) in [5.74, 6) is 0. The van der Waals surface area contributed by atoms with E-state index in [4.69, 9.17) is 21.4 Å². The molecule has 1 unspecified atom stereocenters. The van der Waals surface area contributed by atoms with Crippen molar-refractivity contribution in [2.75, 3.05) is 6.61 Å². The lowest BCUT2D eigenvalue weighted by atomic mass is 10.2. The molecule has 0 amide bonds. The minimum Gasteiger partial charge on any atom is -0.394 e. The monoisotopic (exact) mass is 379 g/mol. The van der Waals surface area contributed by atoms with Gasteiger partial charge in [0.1, 0.15) is 23.4 Å². The molecule has 0 aromatic carbocycles. The highest BCUT2D eigenvalue weighted by molar-refractivity contribution is 14.1. The largest absolute Gasteiger partial charge is 0.394 e. The predicted octanol–water partition coefficient (Wildman–Crippen LogP) is 2.36. The van der Waals surface area contributed by atoms with Gasteiger partial charge >= 0.3 is 0 Å². The van der Waals surface area contributed by atoms with Gasteiger partial charge in [-0.1, -0.05) is 11.6 Å². The van der Waals surface area contributed by atoms with Gasteiger partial charge < -0.3 is 14.4 Å². The number of rotatable bonds is 2. The van der Waals surface area contributed by atoms with E-state index in [-0.39, 0.29) is 18.9 Å². The second kappa shape index (κ2) is 4.92. The predicted molar refractivity (Wildman–Crippen MR) is 75.5 cm³/mol. The van der Waals surface area contributed by atoms with Crippen LogP contribution in [0.5, 0.6) is 0 Å². The molecular weight excluding hydrogens is 368 g/mol. The van der Waals surface area contributed by atoms with Gasteiger partial charge in [-0.25, -0.2) is 9.97 Å². The van der Waals surface area contributed by atoms with Gasteiger partial charge in [0.15, 0.2) is 0 Å². The van der Waals surface area contributed by atoms with E-state index < -0.39 is 0 Å². The molecule has 0 spiro atoms. The first kappa shape index (κ1) is 12.6. The van der Waals surface area contributed by atoms with Crippen LogP contribution in [0.3, 0.4) is 0 Å². The number of hydrogen-bond donors (Lipinski definition) is 1. The van der Waals surface area contributed by atoms with E-state index in [1.807, 2.05) is 10.8 Å². The summed E-state index contributed by atoms with van der Waals surface area (Å²) in [6, 6.07) is 0. The SMILES string of the molecule is OC[C@@H]1CCC(n2cc(I)c3c(Cl)ncnc32)O1. The molecule has 1 fully saturated rings. The summed E-state index contributed by atoms with van der Waals surface area (Å²) in [6.45, 7) is 0.0581. The molecule has 18 heavy (non-hydrogen) atoms. The van der Waals surface area contributed by atoms with Gasteiger partial charge in [0, 0.05) is 9.77 Å². The maximum Gasteiger partial charge on any atom is 0.148 e. The molecule has 7 heteroatoms. The van der Waals surface area contributed by atoms with E-state index in [0.29, 0.717) is 5.15 Å². The van der Waals surface area contributed by atoms with E-state index in [1.54, 1.807) is 0 Å². The highest BCUT2D eigenvalue weighted by Gasteiger charge is 2.28. The van der Waals surface area contributed by atoms with Crippen LogP contribution in [0.4, 0.5) is 0 Å². The molecule has 0 aliphatic carbocycles. The molecule has 5 nitrogen and oxygen atoms in total. The summed E-state index contributed by atoms with van der Waals surface area (Å²) in [4.78, 5) is 8.27. The Morgan fingerprint density at radius 1 is 1.50 bits per heavy atom. The Hall–Kier alpha value is -0.440. The average molecular weight is 380 g/mol. The number of aromatic nitrogens is 3. The van der Waals surface area contributed by atoms with Gasteiger partial charge in [-0.05, 0) is 35.4 Å². The maximum atomic E-state index is 9.11. The Morgan fingerprint density at radius 2 is 2.33 bits per heavy atom. The third-order valence-corrected chi connectivity index (χ3v) is 4.22. The number of ether oxygens (including phenoxy) is 1. The van der Waals surface area contributed by atoms with Crippen LogP contribution in [0.25, 0.3) is 11.0 Å². The number of fused-ring (bicyclic) bond motifs is 1. The minimum absolute atomic E-state index is 0.0581. The van der Waals surface area contributed by atoms with Gasteiger partial charge in [0.05, 0.1) is 18.1 Å². The first-order chi connectivity index (χ1) is 8.70. The lowest BCUT2D eigenvalue weighted by Crippen LogP contribution is -2.14.